The number of ether oxygens (including phenoxy) is 1. The monoisotopic (exact) mass is 346 g/mol. The molecule has 88 valence electrons. The molecule has 0 saturated carbocycles. The number of hydrogen-bond acceptors (Lipinski definition) is 1. The van der Waals surface area contributed by atoms with E-state index in [1.807, 2.05) is 0 Å². The summed E-state index contributed by atoms with van der Waals surface area (Å²) in [5, 5.41) is 0. The highest BCUT2D eigenvalue weighted by molar-refractivity contribution is 9.11. The summed E-state index contributed by atoms with van der Waals surface area (Å²) in [4.78, 5) is 0.446. The Balaban J connectivity index is 2.70. The van der Waals surface area contributed by atoms with Crippen molar-refractivity contribution in [2.45, 2.75) is 37.4 Å². The Morgan fingerprint density at radius 3 is 2.62 bits per heavy atom. The second-order valence-corrected chi connectivity index (χ2v) is 6.38. The number of halogens is 2. The Bertz CT molecular complexity index is 415. The Kier molecular flexibility index (Phi) is 3.65. The van der Waals surface area contributed by atoms with Crippen molar-refractivity contribution in [3.05, 3.63) is 27.2 Å². The van der Waals surface area contributed by atoms with Crippen molar-refractivity contribution in [1.29, 1.82) is 0 Å². The molecule has 1 aromatic carbocycles. The van der Waals surface area contributed by atoms with E-state index in [2.05, 4.69) is 51.8 Å². The molecule has 0 aliphatic heterocycles. The van der Waals surface area contributed by atoms with Crippen molar-refractivity contribution in [2.75, 3.05) is 7.11 Å². The van der Waals surface area contributed by atoms with Crippen molar-refractivity contribution in [1.82, 2.24) is 0 Å². The van der Waals surface area contributed by atoms with E-state index in [0.29, 0.717) is 10.7 Å². The molecule has 2 atom stereocenters. The van der Waals surface area contributed by atoms with Crippen LogP contribution in [0.15, 0.2) is 10.5 Å². The van der Waals surface area contributed by atoms with E-state index >= 15 is 0 Å². The van der Waals surface area contributed by atoms with Crippen LogP contribution in [-0.4, -0.2) is 7.11 Å². The maximum absolute atomic E-state index is 5.53. The second-order valence-electron chi connectivity index (χ2n) is 4.48. The zero-order chi connectivity index (χ0) is 11.9. The van der Waals surface area contributed by atoms with E-state index in [0.717, 1.165) is 5.75 Å². The molecule has 1 aliphatic carbocycles. The number of hydrogen-bond donors (Lipinski definition) is 0. The molecule has 0 saturated heterocycles. The lowest BCUT2D eigenvalue weighted by Crippen LogP contribution is -2.12. The predicted octanol–water partition coefficient (Wildman–Crippen LogP) is 5.10. The molecule has 0 spiro atoms. The molecule has 1 nitrogen and oxygen atoms in total. The molecule has 3 heteroatoms. The normalized spacial score (nSPS) is 24.1. The average Bonchev–Trinajstić information content (AvgIpc) is 2.27. The van der Waals surface area contributed by atoms with Gasteiger partial charge in [0.2, 0.25) is 0 Å². The van der Waals surface area contributed by atoms with Crippen molar-refractivity contribution in [2.24, 2.45) is 0 Å². The van der Waals surface area contributed by atoms with Gasteiger partial charge in [-0.15, -0.1) is 0 Å². The smallest absolute Gasteiger partial charge is 0.122 e. The summed E-state index contributed by atoms with van der Waals surface area (Å²) >= 11 is 7.49. The minimum atomic E-state index is 0.446. The molecule has 16 heavy (non-hydrogen) atoms. The summed E-state index contributed by atoms with van der Waals surface area (Å²) in [6.07, 6.45) is 2.41. The molecule has 2 rings (SSSR count). The second kappa shape index (κ2) is 4.69. The third-order valence-corrected chi connectivity index (χ3v) is 5.33. The molecule has 0 aromatic heterocycles. The van der Waals surface area contributed by atoms with Crippen LogP contribution in [0.2, 0.25) is 0 Å². The first-order valence-electron chi connectivity index (χ1n) is 5.57. The Morgan fingerprint density at radius 2 is 2.00 bits per heavy atom. The van der Waals surface area contributed by atoms with Gasteiger partial charge in [-0.2, -0.15) is 0 Å². The van der Waals surface area contributed by atoms with Gasteiger partial charge < -0.3 is 4.74 Å². The van der Waals surface area contributed by atoms with Gasteiger partial charge in [0.15, 0.2) is 0 Å². The number of benzene rings is 1. The molecule has 0 amide bonds. The molecule has 1 aliphatic rings. The minimum absolute atomic E-state index is 0.446. The van der Waals surface area contributed by atoms with Crippen LogP contribution >= 0.6 is 31.9 Å². The standard InChI is InChI=1S/C13H16Br2O/c1-7-4-5-9(14)12-11(7)10(16-3)6-8(2)13(12)15/h6-7,9H,4-5H2,1-3H3. The molecule has 0 radical (unpaired) electrons. The highest BCUT2D eigenvalue weighted by Crippen LogP contribution is 2.49. The van der Waals surface area contributed by atoms with Crippen molar-refractivity contribution >= 4 is 31.9 Å². The van der Waals surface area contributed by atoms with Crippen LogP contribution in [0.4, 0.5) is 0 Å². The van der Waals surface area contributed by atoms with Gasteiger partial charge in [-0.25, -0.2) is 0 Å². The summed E-state index contributed by atoms with van der Waals surface area (Å²) in [7, 11) is 1.76. The fourth-order valence-corrected chi connectivity index (χ4v) is 4.12. The van der Waals surface area contributed by atoms with Gasteiger partial charge in [-0.05, 0) is 42.9 Å². The largest absolute Gasteiger partial charge is 0.496 e. The quantitative estimate of drug-likeness (QED) is 0.642. The van der Waals surface area contributed by atoms with Gasteiger partial charge in [0, 0.05) is 14.9 Å². The Labute approximate surface area is 114 Å². The van der Waals surface area contributed by atoms with Crippen LogP contribution < -0.4 is 4.74 Å². The molecule has 0 fully saturated rings. The van der Waals surface area contributed by atoms with Crippen molar-refractivity contribution in [3.8, 4) is 5.75 Å². The highest BCUT2D eigenvalue weighted by Gasteiger charge is 2.29. The molecule has 2 unspecified atom stereocenters. The van der Waals surface area contributed by atoms with Crippen LogP contribution in [-0.2, 0) is 0 Å². The molecule has 1 aromatic rings. The van der Waals surface area contributed by atoms with Crippen molar-refractivity contribution < 1.29 is 4.74 Å². The Morgan fingerprint density at radius 1 is 1.31 bits per heavy atom. The number of rotatable bonds is 1. The summed E-state index contributed by atoms with van der Waals surface area (Å²) in [5.74, 6) is 1.61. The summed E-state index contributed by atoms with van der Waals surface area (Å²) in [5.41, 5.74) is 4.00. The van der Waals surface area contributed by atoms with E-state index in [-0.39, 0.29) is 0 Å². The number of methoxy groups -OCH3 is 1. The van der Waals surface area contributed by atoms with E-state index in [4.69, 9.17) is 4.74 Å². The third-order valence-electron chi connectivity index (χ3n) is 3.36. The number of fused-ring (bicyclic) bond motifs is 1. The summed E-state index contributed by atoms with van der Waals surface area (Å²) in [6.45, 7) is 4.40. The zero-order valence-corrected chi connectivity index (χ0v) is 13.0. The highest BCUT2D eigenvalue weighted by atomic mass is 79.9. The van der Waals surface area contributed by atoms with Crippen LogP contribution in [0.1, 0.15) is 47.2 Å². The maximum Gasteiger partial charge on any atom is 0.122 e. The molecule has 0 bridgehead atoms. The maximum atomic E-state index is 5.53. The van der Waals surface area contributed by atoms with Crippen LogP contribution in [0.25, 0.3) is 0 Å². The summed E-state index contributed by atoms with van der Waals surface area (Å²) < 4.78 is 6.76. The Hall–Kier alpha value is -0.0200. The first-order chi connectivity index (χ1) is 7.56. The lowest BCUT2D eigenvalue weighted by molar-refractivity contribution is 0.399. The van der Waals surface area contributed by atoms with E-state index in [1.165, 1.54) is 34.0 Å². The van der Waals surface area contributed by atoms with Gasteiger partial charge in [-0.1, -0.05) is 38.8 Å². The van der Waals surface area contributed by atoms with E-state index < -0.39 is 0 Å². The first kappa shape index (κ1) is 12.4. The van der Waals surface area contributed by atoms with Crippen molar-refractivity contribution in [3.63, 3.8) is 0 Å². The third kappa shape index (κ3) is 1.92. The van der Waals surface area contributed by atoms with Crippen LogP contribution in [0, 0.1) is 6.92 Å². The molecule has 0 heterocycles. The molecular weight excluding hydrogens is 332 g/mol. The topological polar surface area (TPSA) is 9.23 Å². The zero-order valence-electron chi connectivity index (χ0n) is 9.81. The van der Waals surface area contributed by atoms with E-state index in [9.17, 15) is 0 Å². The minimum Gasteiger partial charge on any atom is -0.496 e. The predicted molar refractivity (Wildman–Crippen MR) is 74.7 cm³/mol. The fraction of sp³-hybridized carbons (Fsp3) is 0.538. The number of alkyl halides is 1. The van der Waals surface area contributed by atoms with E-state index in [1.54, 1.807) is 7.11 Å². The summed E-state index contributed by atoms with van der Waals surface area (Å²) in [6, 6.07) is 2.13. The molecular formula is C13H16Br2O. The lowest BCUT2D eigenvalue weighted by atomic mass is 9.82. The van der Waals surface area contributed by atoms with Gasteiger partial charge in [0.05, 0.1) is 7.11 Å². The first-order valence-corrected chi connectivity index (χ1v) is 7.28. The SMILES string of the molecule is COc1cc(C)c(Br)c2c1C(C)CCC2Br. The fourth-order valence-electron chi connectivity index (χ4n) is 2.47. The van der Waals surface area contributed by atoms with Crippen LogP contribution in [0.5, 0.6) is 5.75 Å². The average molecular weight is 348 g/mol. The van der Waals surface area contributed by atoms with Gasteiger partial charge in [0.1, 0.15) is 5.75 Å². The lowest BCUT2D eigenvalue weighted by Gasteiger charge is -2.30. The van der Waals surface area contributed by atoms with Gasteiger partial charge in [0.25, 0.3) is 0 Å². The van der Waals surface area contributed by atoms with Crippen LogP contribution in [0.3, 0.4) is 0 Å². The number of aryl methyl sites for hydroxylation is 1. The van der Waals surface area contributed by atoms with Gasteiger partial charge >= 0.3 is 0 Å². The van der Waals surface area contributed by atoms with Gasteiger partial charge in [-0.3, -0.25) is 0 Å². The molecule has 0 N–H and O–H groups in total.